The number of pyridine rings is 1. The first-order chi connectivity index (χ1) is 9.06. The molecule has 3 amide bonds. The third-order valence-corrected chi connectivity index (χ3v) is 2.62. The molecule has 2 rings (SSSR count). The van der Waals surface area contributed by atoms with E-state index in [1.807, 2.05) is 13.0 Å². The molecule has 1 aromatic rings. The standard InChI is InChI=1S/C13H13N3O3/c1-9-3-2-4-10(14-9)15-11(17)7-8-16-12(18)5-6-13(16)19/h2-6H,7-8H2,1H3,(H,14,15,17). The summed E-state index contributed by atoms with van der Waals surface area (Å²) in [5.74, 6) is -0.592. The molecule has 0 saturated heterocycles. The Hall–Kier alpha value is -2.50. The van der Waals surface area contributed by atoms with Crippen molar-refractivity contribution < 1.29 is 14.4 Å². The van der Waals surface area contributed by atoms with Crippen LogP contribution in [0.5, 0.6) is 0 Å². The summed E-state index contributed by atoms with van der Waals surface area (Å²) in [6.07, 6.45) is 2.44. The van der Waals surface area contributed by atoms with Gasteiger partial charge >= 0.3 is 0 Å². The molecule has 6 nitrogen and oxygen atoms in total. The molecule has 0 aromatic carbocycles. The van der Waals surface area contributed by atoms with Gasteiger partial charge in [-0.15, -0.1) is 0 Å². The van der Waals surface area contributed by atoms with Crippen molar-refractivity contribution in [1.82, 2.24) is 9.88 Å². The molecule has 0 spiro atoms. The number of nitrogens with one attached hydrogen (secondary N) is 1. The van der Waals surface area contributed by atoms with Crippen molar-refractivity contribution in [1.29, 1.82) is 0 Å². The lowest BCUT2D eigenvalue weighted by Gasteiger charge is -2.13. The minimum absolute atomic E-state index is 0.0504. The number of carbonyl (C=O) groups excluding carboxylic acids is 3. The van der Waals surface area contributed by atoms with E-state index in [4.69, 9.17) is 0 Å². The number of carbonyl (C=O) groups is 3. The van der Waals surface area contributed by atoms with Crippen molar-refractivity contribution in [2.45, 2.75) is 13.3 Å². The molecule has 0 saturated carbocycles. The second-order valence-corrected chi connectivity index (χ2v) is 4.12. The van der Waals surface area contributed by atoms with Crippen molar-refractivity contribution in [2.24, 2.45) is 0 Å². The predicted octanol–water partition coefficient (Wildman–Crippen LogP) is 0.644. The third kappa shape index (κ3) is 3.25. The Morgan fingerprint density at radius 2 is 1.95 bits per heavy atom. The van der Waals surface area contributed by atoms with Gasteiger partial charge in [0.2, 0.25) is 5.91 Å². The summed E-state index contributed by atoms with van der Waals surface area (Å²) in [6.45, 7) is 1.89. The zero-order valence-corrected chi connectivity index (χ0v) is 10.4. The van der Waals surface area contributed by atoms with Crippen LogP contribution in [0.3, 0.4) is 0 Å². The summed E-state index contributed by atoms with van der Waals surface area (Å²) >= 11 is 0. The van der Waals surface area contributed by atoms with Crippen LogP contribution < -0.4 is 5.32 Å². The third-order valence-electron chi connectivity index (χ3n) is 2.62. The van der Waals surface area contributed by atoms with E-state index in [0.717, 1.165) is 10.6 Å². The molecular weight excluding hydrogens is 246 g/mol. The lowest BCUT2D eigenvalue weighted by molar-refractivity contribution is -0.136. The van der Waals surface area contributed by atoms with Crippen molar-refractivity contribution in [2.75, 3.05) is 11.9 Å². The molecule has 1 aromatic heterocycles. The average molecular weight is 259 g/mol. The smallest absolute Gasteiger partial charge is 0.253 e. The van der Waals surface area contributed by atoms with E-state index in [1.54, 1.807) is 12.1 Å². The molecule has 0 atom stereocenters. The van der Waals surface area contributed by atoms with Gasteiger partial charge in [-0.25, -0.2) is 4.98 Å². The fraction of sp³-hybridized carbons (Fsp3) is 0.231. The molecule has 0 radical (unpaired) electrons. The summed E-state index contributed by atoms with van der Waals surface area (Å²) in [4.78, 5) is 39.4. The van der Waals surface area contributed by atoms with E-state index in [0.29, 0.717) is 5.82 Å². The molecular formula is C13H13N3O3. The van der Waals surface area contributed by atoms with Crippen LogP contribution in [-0.4, -0.2) is 34.2 Å². The number of amides is 3. The monoisotopic (exact) mass is 259 g/mol. The molecule has 0 bridgehead atoms. The average Bonchev–Trinajstić information content (AvgIpc) is 2.67. The minimum atomic E-state index is -0.383. The Morgan fingerprint density at radius 1 is 1.26 bits per heavy atom. The molecule has 1 aliphatic heterocycles. The van der Waals surface area contributed by atoms with Crippen LogP contribution in [0.1, 0.15) is 12.1 Å². The van der Waals surface area contributed by atoms with E-state index in [-0.39, 0.29) is 30.7 Å². The Bertz CT molecular complexity index is 548. The first kappa shape index (κ1) is 12.9. The van der Waals surface area contributed by atoms with E-state index >= 15 is 0 Å². The molecule has 6 heteroatoms. The van der Waals surface area contributed by atoms with Gasteiger partial charge in [-0.1, -0.05) is 6.07 Å². The van der Waals surface area contributed by atoms with Crippen molar-refractivity contribution in [3.63, 3.8) is 0 Å². The van der Waals surface area contributed by atoms with Crippen molar-refractivity contribution in [3.05, 3.63) is 36.0 Å². The van der Waals surface area contributed by atoms with Gasteiger partial charge in [0.1, 0.15) is 5.82 Å². The number of anilines is 1. The molecule has 0 unspecified atom stereocenters. The molecule has 0 aliphatic carbocycles. The summed E-state index contributed by atoms with van der Waals surface area (Å²) in [7, 11) is 0. The van der Waals surface area contributed by atoms with Crippen LogP contribution in [-0.2, 0) is 14.4 Å². The largest absolute Gasteiger partial charge is 0.311 e. The maximum atomic E-state index is 11.7. The number of nitrogens with zero attached hydrogens (tertiary/aromatic N) is 2. The zero-order valence-electron chi connectivity index (χ0n) is 10.4. The number of imide groups is 1. The number of aryl methyl sites for hydroxylation is 1. The maximum absolute atomic E-state index is 11.7. The molecule has 1 N–H and O–H groups in total. The molecule has 0 fully saturated rings. The first-order valence-electron chi connectivity index (χ1n) is 5.83. The van der Waals surface area contributed by atoms with Gasteiger partial charge in [-0.3, -0.25) is 19.3 Å². The summed E-state index contributed by atoms with van der Waals surface area (Å²) in [6, 6.07) is 5.29. The fourth-order valence-corrected chi connectivity index (χ4v) is 1.68. The summed E-state index contributed by atoms with van der Waals surface area (Å²) in [5, 5.41) is 2.62. The van der Waals surface area contributed by atoms with Crippen LogP contribution in [0.15, 0.2) is 30.4 Å². The number of hydrogen-bond acceptors (Lipinski definition) is 4. The number of hydrogen-bond donors (Lipinski definition) is 1. The fourth-order valence-electron chi connectivity index (χ4n) is 1.68. The highest BCUT2D eigenvalue weighted by Crippen LogP contribution is 2.07. The van der Waals surface area contributed by atoms with E-state index in [1.165, 1.54) is 12.2 Å². The Morgan fingerprint density at radius 3 is 2.58 bits per heavy atom. The Labute approximate surface area is 110 Å². The topological polar surface area (TPSA) is 79.4 Å². The van der Waals surface area contributed by atoms with Gasteiger partial charge < -0.3 is 5.32 Å². The van der Waals surface area contributed by atoms with E-state index in [2.05, 4.69) is 10.3 Å². The summed E-state index contributed by atoms with van der Waals surface area (Å²) in [5.41, 5.74) is 0.798. The number of rotatable bonds is 4. The quantitative estimate of drug-likeness (QED) is 0.805. The highest BCUT2D eigenvalue weighted by atomic mass is 16.2. The van der Waals surface area contributed by atoms with Crippen LogP contribution >= 0.6 is 0 Å². The van der Waals surface area contributed by atoms with Gasteiger partial charge in [0, 0.05) is 30.8 Å². The Kier molecular flexibility index (Phi) is 3.70. The normalized spacial score (nSPS) is 14.1. The van der Waals surface area contributed by atoms with Crippen molar-refractivity contribution in [3.8, 4) is 0 Å². The van der Waals surface area contributed by atoms with Gasteiger partial charge in [0.15, 0.2) is 0 Å². The van der Waals surface area contributed by atoms with E-state index in [9.17, 15) is 14.4 Å². The lowest BCUT2D eigenvalue weighted by Crippen LogP contribution is -2.33. The second kappa shape index (κ2) is 5.43. The molecule has 98 valence electrons. The van der Waals surface area contributed by atoms with Gasteiger partial charge in [-0.05, 0) is 19.1 Å². The minimum Gasteiger partial charge on any atom is -0.311 e. The maximum Gasteiger partial charge on any atom is 0.253 e. The van der Waals surface area contributed by atoms with Crippen LogP contribution in [0.25, 0.3) is 0 Å². The Balaban J connectivity index is 1.85. The first-order valence-corrected chi connectivity index (χ1v) is 5.83. The predicted molar refractivity (Wildman–Crippen MR) is 68.1 cm³/mol. The van der Waals surface area contributed by atoms with Crippen LogP contribution in [0, 0.1) is 6.92 Å². The molecule has 19 heavy (non-hydrogen) atoms. The van der Waals surface area contributed by atoms with Crippen LogP contribution in [0.2, 0.25) is 0 Å². The van der Waals surface area contributed by atoms with Crippen LogP contribution in [0.4, 0.5) is 5.82 Å². The van der Waals surface area contributed by atoms with Gasteiger partial charge in [-0.2, -0.15) is 0 Å². The van der Waals surface area contributed by atoms with E-state index < -0.39 is 0 Å². The van der Waals surface area contributed by atoms with Gasteiger partial charge in [0.05, 0.1) is 0 Å². The SMILES string of the molecule is Cc1cccc(NC(=O)CCN2C(=O)C=CC2=O)n1. The van der Waals surface area contributed by atoms with Gasteiger partial charge in [0.25, 0.3) is 11.8 Å². The lowest BCUT2D eigenvalue weighted by atomic mass is 10.3. The molecule has 1 aliphatic rings. The summed E-state index contributed by atoms with van der Waals surface area (Å²) < 4.78 is 0. The van der Waals surface area contributed by atoms with Crippen molar-refractivity contribution >= 4 is 23.5 Å². The zero-order chi connectivity index (χ0) is 13.8. The highest BCUT2D eigenvalue weighted by molar-refractivity contribution is 6.13. The second-order valence-electron chi connectivity index (χ2n) is 4.12. The number of aromatic nitrogens is 1. The molecule has 2 heterocycles. The highest BCUT2D eigenvalue weighted by Gasteiger charge is 2.23.